The lowest BCUT2D eigenvalue weighted by Crippen LogP contribution is -2.42. The number of rotatable bonds is 6. The van der Waals surface area contributed by atoms with E-state index >= 15 is 0 Å². The van der Waals surface area contributed by atoms with Crippen molar-refractivity contribution in [2.24, 2.45) is 0 Å². The van der Waals surface area contributed by atoms with Crippen LogP contribution in [0.4, 0.5) is 4.79 Å². The molecule has 1 heterocycles. The van der Waals surface area contributed by atoms with Crippen LogP contribution in [0.1, 0.15) is 23.6 Å². The van der Waals surface area contributed by atoms with Gasteiger partial charge >= 0.3 is 5.97 Å². The van der Waals surface area contributed by atoms with Gasteiger partial charge in [-0.2, -0.15) is 0 Å². The van der Waals surface area contributed by atoms with Gasteiger partial charge in [-0.1, -0.05) is 42.0 Å². The molecule has 1 saturated heterocycles. The van der Waals surface area contributed by atoms with Crippen molar-refractivity contribution in [2.75, 3.05) is 7.11 Å². The van der Waals surface area contributed by atoms with Crippen molar-refractivity contribution in [3.05, 3.63) is 70.1 Å². The fraction of sp³-hybridized carbons (Fsp3) is 0.227. The molecule has 1 aliphatic heterocycles. The van der Waals surface area contributed by atoms with Gasteiger partial charge in [0.25, 0.3) is 11.1 Å². The van der Waals surface area contributed by atoms with Gasteiger partial charge in [0.05, 0.1) is 12.0 Å². The van der Waals surface area contributed by atoms with Crippen LogP contribution in [0.2, 0.25) is 0 Å². The molecule has 2 amide bonds. The number of nitrogens with zero attached hydrogens (tertiary/aromatic N) is 1. The van der Waals surface area contributed by atoms with Crippen LogP contribution in [0.25, 0.3) is 6.08 Å². The highest BCUT2D eigenvalue weighted by Crippen LogP contribution is 2.34. The molecule has 0 radical (unpaired) electrons. The number of ether oxygens (including phenoxy) is 2. The third-order valence-corrected chi connectivity index (χ3v) is 5.34. The molecular weight excluding hydrogens is 390 g/mol. The standard InChI is InChI=1S/C22H21NO5S/c1-14-4-6-17(7-5-14)13-28-18-10-8-16(9-11-18)12-19-20(24)23(22(26)29-19)15(2)21(25)27-3/h4-12,15H,13H2,1-3H3/b19-12+/t15-/m0/s1. The molecular formula is C22H21NO5S. The van der Waals surface area contributed by atoms with Crippen LogP contribution in [0.15, 0.2) is 53.4 Å². The Kier molecular flexibility index (Phi) is 6.39. The Morgan fingerprint density at radius 2 is 1.76 bits per heavy atom. The highest BCUT2D eigenvalue weighted by molar-refractivity contribution is 8.18. The van der Waals surface area contributed by atoms with Gasteiger partial charge in [0, 0.05) is 0 Å². The Balaban J connectivity index is 1.66. The number of benzene rings is 2. The maximum Gasteiger partial charge on any atom is 0.328 e. The van der Waals surface area contributed by atoms with E-state index in [2.05, 4.69) is 4.74 Å². The van der Waals surface area contributed by atoms with Crippen LogP contribution >= 0.6 is 11.8 Å². The van der Waals surface area contributed by atoms with Gasteiger partial charge in [-0.25, -0.2) is 4.79 Å². The summed E-state index contributed by atoms with van der Waals surface area (Å²) in [6.07, 6.45) is 1.62. The van der Waals surface area contributed by atoms with E-state index in [1.54, 1.807) is 18.2 Å². The molecule has 29 heavy (non-hydrogen) atoms. The average molecular weight is 411 g/mol. The average Bonchev–Trinajstić information content (AvgIpc) is 3.00. The van der Waals surface area contributed by atoms with Gasteiger partial charge in [0.15, 0.2) is 0 Å². The molecule has 150 valence electrons. The quantitative estimate of drug-likeness (QED) is 0.525. The highest BCUT2D eigenvalue weighted by Gasteiger charge is 2.41. The second-order valence-electron chi connectivity index (χ2n) is 6.59. The monoisotopic (exact) mass is 411 g/mol. The second kappa shape index (κ2) is 8.96. The third-order valence-electron chi connectivity index (χ3n) is 4.46. The molecule has 7 heteroatoms. The van der Waals surface area contributed by atoms with Crippen molar-refractivity contribution in [2.45, 2.75) is 26.5 Å². The van der Waals surface area contributed by atoms with E-state index < -0.39 is 23.2 Å². The summed E-state index contributed by atoms with van der Waals surface area (Å²) >= 11 is 0.805. The first kappa shape index (κ1) is 20.7. The molecule has 6 nitrogen and oxygen atoms in total. The van der Waals surface area contributed by atoms with Gasteiger partial charge < -0.3 is 9.47 Å². The smallest absolute Gasteiger partial charge is 0.328 e. The van der Waals surface area contributed by atoms with Crippen molar-refractivity contribution in [1.29, 1.82) is 0 Å². The van der Waals surface area contributed by atoms with Crippen molar-refractivity contribution < 1.29 is 23.9 Å². The fourth-order valence-corrected chi connectivity index (χ4v) is 3.66. The topological polar surface area (TPSA) is 72.9 Å². The zero-order chi connectivity index (χ0) is 21.0. The van der Waals surface area contributed by atoms with Crippen LogP contribution in [-0.2, 0) is 20.9 Å². The van der Waals surface area contributed by atoms with Crippen LogP contribution in [-0.4, -0.2) is 35.2 Å². The van der Waals surface area contributed by atoms with Gasteiger partial charge in [0.2, 0.25) is 0 Å². The normalized spacial score (nSPS) is 16.2. The maximum absolute atomic E-state index is 12.5. The van der Waals surface area contributed by atoms with E-state index in [9.17, 15) is 14.4 Å². The molecule has 3 rings (SSSR count). The number of aryl methyl sites for hydroxylation is 1. The molecule has 0 unspecified atom stereocenters. The summed E-state index contributed by atoms with van der Waals surface area (Å²) in [5.74, 6) is -0.434. The summed E-state index contributed by atoms with van der Waals surface area (Å²) in [5.41, 5.74) is 3.03. The number of carbonyl (C=O) groups excluding carboxylic acids is 3. The molecule has 1 fully saturated rings. The predicted molar refractivity (Wildman–Crippen MR) is 111 cm³/mol. The molecule has 2 aromatic carbocycles. The number of esters is 1. The lowest BCUT2D eigenvalue weighted by molar-refractivity contribution is -0.148. The number of thioether (sulfide) groups is 1. The maximum atomic E-state index is 12.5. The summed E-state index contributed by atoms with van der Waals surface area (Å²) in [7, 11) is 1.22. The highest BCUT2D eigenvalue weighted by atomic mass is 32.2. The molecule has 0 spiro atoms. The van der Waals surface area contributed by atoms with E-state index in [1.807, 2.05) is 43.3 Å². The van der Waals surface area contributed by atoms with Gasteiger partial charge in [-0.05, 0) is 54.9 Å². The van der Waals surface area contributed by atoms with Crippen molar-refractivity contribution >= 4 is 35.0 Å². The minimum absolute atomic E-state index is 0.263. The SMILES string of the molecule is COC(=O)[C@H](C)N1C(=O)S/C(=C/c2ccc(OCc3ccc(C)cc3)cc2)C1=O. The Hall–Kier alpha value is -3.06. The van der Waals surface area contributed by atoms with Crippen molar-refractivity contribution in [3.8, 4) is 5.75 Å². The Morgan fingerprint density at radius 3 is 2.38 bits per heavy atom. The predicted octanol–water partition coefficient (Wildman–Crippen LogP) is 4.17. The number of imide groups is 1. The minimum atomic E-state index is -0.962. The van der Waals surface area contributed by atoms with Crippen molar-refractivity contribution in [3.63, 3.8) is 0 Å². The number of methoxy groups -OCH3 is 1. The molecule has 0 aromatic heterocycles. The Morgan fingerprint density at radius 1 is 1.10 bits per heavy atom. The second-order valence-corrected chi connectivity index (χ2v) is 7.59. The van der Waals surface area contributed by atoms with Crippen LogP contribution in [0.3, 0.4) is 0 Å². The first-order chi connectivity index (χ1) is 13.9. The largest absolute Gasteiger partial charge is 0.489 e. The molecule has 0 N–H and O–H groups in total. The van der Waals surface area contributed by atoms with Crippen LogP contribution in [0, 0.1) is 6.92 Å². The van der Waals surface area contributed by atoms with Crippen molar-refractivity contribution in [1.82, 2.24) is 4.90 Å². The van der Waals surface area contributed by atoms with E-state index in [4.69, 9.17) is 4.74 Å². The van der Waals surface area contributed by atoms with Crippen LogP contribution in [0.5, 0.6) is 5.75 Å². The zero-order valence-electron chi connectivity index (χ0n) is 16.4. The molecule has 0 bridgehead atoms. The fourth-order valence-electron chi connectivity index (χ4n) is 2.75. The molecule has 1 aliphatic rings. The summed E-state index contributed by atoms with van der Waals surface area (Å²) in [4.78, 5) is 37.5. The summed E-state index contributed by atoms with van der Waals surface area (Å²) in [5, 5.41) is -0.489. The molecule has 1 atom stereocenters. The Labute approximate surface area is 173 Å². The number of carbonyl (C=O) groups is 3. The minimum Gasteiger partial charge on any atom is -0.489 e. The van der Waals surface area contributed by atoms with E-state index in [-0.39, 0.29) is 4.91 Å². The molecule has 0 aliphatic carbocycles. The number of hydrogen-bond acceptors (Lipinski definition) is 6. The summed E-state index contributed by atoms with van der Waals surface area (Å²) in [6, 6.07) is 14.4. The van der Waals surface area contributed by atoms with Gasteiger partial charge in [-0.3, -0.25) is 14.5 Å². The Bertz CT molecular complexity index is 950. The first-order valence-corrected chi connectivity index (χ1v) is 9.84. The molecule has 0 saturated carbocycles. The lowest BCUT2D eigenvalue weighted by atomic mass is 10.1. The first-order valence-electron chi connectivity index (χ1n) is 9.02. The lowest BCUT2D eigenvalue weighted by Gasteiger charge is -2.18. The number of hydrogen-bond donors (Lipinski definition) is 0. The summed E-state index contributed by atoms with van der Waals surface area (Å²) < 4.78 is 10.4. The van der Waals surface area contributed by atoms with Crippen LogP contribution < -0.4 is 4.74 Å². The number of amides is 2. The van der Waals surface area contributed by atoms with E-state index in [0.717, 1.165) is 27.8 Å². The summed E-state index contributed by atoms with van der Waals surface area (Å²) in [6.45, 7) is 3.96. The molecule has 2 aromatic rings. The van der Waals surface area contributed by atoms with E-state index in [1.165, 1.54) is 19.6 Å². The third kappa shape index (κ3) is 4.86. The van der Waals surface area contributed by atoms with Gasteiger partial charge in [0.1, 0.15) is 18.4 Å². The zero-order valence-corrected chi connectivity index (χ0v) is 17.2. The van der Waals surface area contributed by atoms with Gasteiger partial charge in [-0.15, -0.1) is 0 Å². The van der Waals surface area contributed by atoms with E-state index in [0.29, 0.717) is 12.4 Å².